The average Bonchev–Trinajstić information content (AvgIpc) is 1.82. The van der Waals surface area contributed by atoms with Crippen molar-refractivity contribution in [2.75, 3.05) is 6.61 Å². The third kappa shape index (κ3) is 3.52. The van der Waals surface area contributed by atoms with Crippen LogP contribution in [0.25, 0.3) is 0 Å². The molecule has 0 atom stereocenters. The highest BCUT2D eigenvalue weighted by Gasteiger charge is 1.96. The second kappa shape index (κ2) is 3.88. The molecule has 0 aliphatic rings. The van der Waals surface area contributed by atoms with E-state index in [1.54, 1.807) is 6.92 Å². The molecule has 0 bridgehead atoms. The van der Waals surface area contributed by atoms with Gasteiger partial charge in [0.2, 0.25) is 0 Å². The Bertz CT molecular complexity index is 131. The fourth-order valence-electron chi connectivity index (χ4n) is 0.206. The van der Waals surface area contributed by atoms with E-state index < -0.39 is 5.91 Å². The minimum Gasteiger partial charge on any atom is -0.396 e. The molecular formula is C5H10N2O2. The van der Waals surface area contributed by atoms with E-state index in [-0.39, 0.29) is 5.71 Å². The van der Waals surface area contributed by atoms with Gasteiger partial charge >= 0.3 is 0 Å². The maximum atomic E-state index is 10.2. The average molecular weight is 130 g/mol. The van der Waals surface area contributed by atoms with Crippen LogP contribution in [0.3, 0.4) is 0 Å². The van der Waals surface area contributed by atoms with Gasteiger partial charge in [0.1, 0.15) is 12.3 Å². The van der Waals surface area contributed by atoms with Crippen molar-refractivity contribution in [1.29, 1.82) is 0 Å². The normalized spacial score (nSPS) is 11.1. The Hall–Kier alpha value is -1.06. The van der Waals surface area contributed by atoms with E-state index in [1.807, 2.05) is 0 Å². The van der Waals surface area contributed by atoms with Crippen LogP contribution >= 0.6 is 0 Å². The van der Waals surface area contributed by atoms with Crippen LogP contribution in [0.5, 0.6) is 0 Å². The molecule has 2 N–H and O–H groups in total. The SMILES string of the molecule is CCO/N=C(\C)C(N)=O. The summed E-state index contributed by atoms with van der Waals surface area (Å²) in [6, 6.07) is 0. The fraction of sp³-hybridized carbons (Fsp3) is 0.600. The lowest BCUT2D eigenvalue weighted by molar-refractivity contribution is -0.112. The summed E-state index contributed by atoms with van der Waals surface area (Å²) in [7, 11) is 0. The maximum Gasteiger partial charge on any atom is 0.266 e. The van der Waals surface area contributed by atoms with E-state index in [1.165, 1.54) is 6.92 Å². The van der Waals surface area contributed by atoms with Crippen LogP contribution in [-0.4, -0.2) is 18.2 Å². The Morgan fingerprint density at radius 3 is 2.67 bits per heavy atom. The van der Waals surface area contributed by atoms with Gasteiger partial charge in [0.05, 0.1) is 0 Å². The molecule has 9 heavy (non-hydrogen) atoms. The van der Waals surface area contributed by atoms with Gasteiger partial charge in [-0.2, -0.15) is 0 Å². The van der Waals surface area contributed by atoms with Crippen molar-refractivity contribution in [2.45, 2.75) is 13.8 Å². The first-order chi connectivity index (χ1) is 4.18. The number of nitrogens with two attached hydrogens (primary N) is 1. The molecule has 0 aromatic heterocycles. The van der Waals surface area contributed by atoms with Gasteiger partial charge in [-0.1, -0.05) is 5.16 Å². The summed E-state index contributed by atoms with van der Waals surface area (Å²) in [5, 5.41) is 3.38. The molecule has 4 heteroatoms. The van der Waals surface area contributed by atoms with Crippen molar-refractivity contribution in [3.05, 3.63) is 0 Å². The summed E-state index contributed by atoms with van der Waals surface area (Å²) >= 11 is 0. The third-order valence-corrected chi connectivity index (χ3v) is 0.687. The third-order valence-electron chi connectivity index (χ3n) is 0.687. The van der Waals surface area contributed by atoms with Crippen molar-refractivity contribution in [2.24, 2.45) is 10.9 Å². The molecule has 0 heterocycles. The van der Waals surface area contributed by atoms with Crippen LogP contribution in [-0.2, 0) is 9.63 Å². The number of primary amides is 1. The van der Waals surface area contributed by atoms with Gasteiger partial charge in [0.25, 0.3) is 5.91 Å². The Balaban J connectivity index is 3.69. The number of hydrogen-bond acceptors (Lipinski definition) is 3. The van der Waals surface area contributed by atoms with Crippen molar-refractivity contribution < 1.29 is 9.63 Å². The van der Waals surface area contributed by atoms with Crippen molar-refractivity contribution in [3.63, 3.8) is 0 Å². The van der Waals surface area contributed by atoms with Crippen LogP contribution in [0.2, 0.25) is 0 Å². The molecular weight excluding hydrogens is 120 g/mol. The number of nitrogens with zero attached hydrogens (tertiary/aromatic N) is 1. The predicted molar refractivity (Wildman–Crippen MR) is 33.9 cm³/mol. The minimum absolute atomic E-state index is 0.192. The number of oxime groups is 1. The Morgan fingerprint density at radius 2 is 2.33 bits per heavy atom. The van der Waals surface area contributed by atoms with Gasteiger partial charge in [-0.3, -0.25) is 4.79 Å². The van der Waals surface area contributed by atoms with Gasteiger partial charge in [0, 0.05) is 0 Å². The van der Waals surface area contributed by atoms with E-state index in [0.29, 0.717) is 6.61 Å². The van der Waals surface area contributed by atoms with Gasteiger partial charge in [-0.05, 0) is 13.8 Å². The Kier molecular flexibility index (Phi) is 3.43. The molecule has 0 aliphatic heterocycles. The number of rotatable bonds is 3. The molecule has 0 saturated heterocycles. The van der Waals surface area contributed by atoms with Crippen molar-refractivity contribution >= 4 is 11.6 Å². The maximum absolute atomic E-state index is 10.2. The summed E-state index contributed by atoms with van der Waals surface area (Å²) in [5.41, 5.74) is 5.02. The van der Waals surface area contributed by atoms with Crippen LogP contribution in [0.15, 0.2) is 5.16 Å². The molecule has 0 aliphatic carbocycles. The molecule has 0 spiro atoms. The number of carbonyl (C=O) groups is 1. The first-order valence-corrected chi connectivity index (χ1v) is 2.64. The van der Waals surface area contributed by atoms with Crippen LogP contribution in [0, 0.1) is 0 Å². The standard InChI is InChI=1S/C5H10N2O2/c1-3-9-7-4(2)5(6)8/h3H2,1-2H3,(H2,6,8)/b7-4+. The van der Waals surface area contributed by atoms with E-state index in [4.69, 9.17) is 5.73 Å². The lowest BCUT2D eigenvalue weighted by atomic mass is 10.4. The van der Waals surface area contributed by atoms with E-state index in [9.17, 15) is 4.79 Å². The molecule has 1 amide bonds. The molecule has 0 unspecified atom stereocenters. The van der Waals surface area contributed by atoms with Crippen molar-refractivity contribution in [3.8, 4) is 0 Å². The van der Waals surface area contributed by atoms with Crippen LogP contribution in [0.1, 0.15) is 13.8 Å². The zero-order chi connectivity index (χ0) is 7.28. The summed E-state index contributed by atoms with van der Waals surface area (Å²) < 4.78 is 0. The first kappa shape index (κ1) is 7.94. The second-order valence-corrected chi connectivity index (χ2v) is 1.46. The molecule has 0 radical (unpaired) electrons. The smallest absolute Gasteiger partial charge is 0.266 e. The fourth-order valence-corrected chi connectivity index (χ4v) is 0.206. The summed E-state index contributed by atoms with van der Waals surface area (Å²) in [4.78, 5) is 14.8. The topological polar surface area (TPSA) is 64.7 Å². The summed E-state index contributed by atoms with van der Waals surface area (Å²) in [6.45, 7) is 3.72. The highest BCUT2D eigenvalue weighted by Crippen LogP contribution is 1.78. The molecule has 52 valence electrons. The second-order valence-electron chi connectivity index (χ2n) is 1.46. The molecule has 4 nitrogen and oxygen atoms in total. The number of amides is 1. The van der Waals surface area contributed by atoms with Gasteiger partial charge in [-0.25, -0.2) is 0 Å². The number of hydrogen-bond donors (Lipinski definition) is 1. The minimum atomic E-state index is -0.552. The van der Waals surface area contributed by atoms with Crippen LogP contribution in [0.4, 0.5) is 0 Å². The molecule has 0 aromatic carbocycles. The van der Waals surface area contributed by atoms with Gasteiger partial charge in [0.15, 0.2) is 0 Å². The lowest BCUT2D eigenvalue weighted by Crippen LogP contribution is -2.20. The van der Waals surface area contributed by atoms with E-state index in [0.717, 1.165) is 0 Å². The highest BCUT2D eigenvalue weighted by atomic mass is 16.6. The summed E-state index contributed by atoms with van der Waals surface area (Å²) in [5.74, 6) is -0.552. The number of carbonyl (C=O) groups excluding carboxylic acids is 1. The van der Waals surface area contributed by atoms with E-state index in [2.05, 4.69) is 9.99 Å². The molecule has 0 saturated carbocycles. The van der Waals surface area contributed by atoms with Gasteiger partial charge < -0.3 is 10.6 Å². The summed E-state index contributed by atoms with van der Waals surface area (Å²) in [6.07, 6.45) is 0. The first-order valence-electron chi connectivity index (χ1n) is 2.64. The molecule has 0 aromatic rings. The molecule has 0 fully saturated rings. The van der Waals surface area contributed by atoms with Gasteiger partial charge in [-0.15, -0.1) is 0 Å². The predicted octanol–water partition coefficient (Wildman–Crippen LogP) is -0.116. The lowest BCUT2D eigenvalue weighted by Gasteiger charge is -1.92. The Morgan fingerprint density at radius 1 is 1.78 bits per heavy atom. The highest BCUT2D eigenvalue weighted by molar-refractivity contribution is 6.37. The van der Waals surface area contributed by atoms with Crippen LogP contribution < -0.4 is 5.73 Å². The Labute approximate surface area is 53.7 Å². The quantitative estimate of drug-likeness (QED) is 0.427. The molecule has 0 rings (SSSR count). The van der Waals surface area contributed by atoms with E-state index >= 15 is 0 Å². The largest absolute Gasteiger partial charge is 0.396 e. The van der Waals surface area contributed by atoms with Crippen molar-refractivity contribution in [1.82, 2.24) is 0 Å². The monoisotopic (exact) mass is 130 g/mol. The zero-order valence-corrected chi connectivity index (χ0v) is 5.55. The zero-order valence-electron chi connectivity index (χ0n) is 5.55.